The van der Waals surface area contributed by atoms with Gasteiger partial charge in [0.2, 0.25) is 0 Å². The van der Waals surface area contributed by atoms with Crippen LogP contribution in [0.5, 0.6) is 17.2 Å². The molecule has 0 aromatic heterocycles. The Morgan fingerprint density at radius 3 is 2.04 bits per heavy atom. The van der Waals surface area contributed by atoms with Crippen LogP contribution in [0.25, 0.3) is 0 Å². The van der Waals surface area contributed by atoms with Crippen molar-refractivity contribution in [3.63, 3.8) is 0 Å². The fourth-order valence-electron chi connectivity index (χ4n) is 2.28. The number of hydrogen-bond donors (Lipinski definition) is 1. The summed E-state index contributed by atoms with van der Waals surface area (Å²) in [5.74, 6) is 1.59. The Morgan fingerprint density at radius 2 is 1.52 bits per heavy atom. The molecule has 0 spiro atoms. The predicted molar refractivity (Wildman–Crippen MR) is 88.6 cm³/mol. The highest BCUT2D eigenvalue weighted by Crippen LogP contribution is 2.27. The molecule has 122 valence electrons. The Hall–Kier alpha value is -2.69. The number of nitrogens with one attached hydrogen (secondary N) is 1. The van der Waals surface area contributed by atoms with E-state index in [4.69, 9.17) is 14.2 Å². The molecule has 5 nitrogen and oxygen atoms in total. The molecule has 1 N–H and O–H groups in total. The highest BCUT2D eigenvalue weighted by molar-refractivity contribution is 5.99. The highest BCUT2D eigenvalue weighted by atomic mass is 16.5. The number of amides is 1. The second-order valence-electron chi connectivity index (χ2n) is 4.89. The van der Waals surface area contributed by atoms with Gasteiger partial charge in [-0.15, -0.1) is 0 Å². The fraction of sp³-hybridized carbons (Fsp3) is 0.278. The molecule has 0 unspecified atom stereocenters. The minimum absolute atomic E-state index is 0.215. The van der Waals surface area contributed by atoms with Crippen LogP contribution in [0.3, 0.4) is 0 Å². The molecule has 1 amide bonds. The van der Waals surface area contributed by atoms with E-state index in [0.29, 0.717) is 23.6 Å². The van der Waals surface area contributed by atoms with Crippen molar-refractivity contribution in [2.45, 2.75) is 6.42 Å². The summed E-state index contributed by atoms with van der Waals surface area (Å²) in [5, 5.41) is 2.90. The van der Waals surface area contributed by atoms with E-state index in [2.05, 4.69) is 5.32 Å². The van der Waals surface area contributed by atoms with E-state index in [-0.39, 0.29) is 5.91 Å². The predicted octanol–water partition coefficient (Wildman–Crippen LogP) is 2.68. The van der Waals surface area contributed by atoms with Gasteiger partial charge in [-0.05, 0) is 36.2 Å². The molecule has 23 heavy (non-hydrogen) atoms. The normalized spacial score (nSPS) is 10.0. The number of ether oxygens (including phenoxy) is 3. The molecule has 5 heteroatoms. The van der Waals surface area contributed by atoms with Gasteiger partial charge in [-0.2, -0.15) is 0 Å². The van der Waals surface area contributed by atoms with Crippen molar-refractivity contribution in [3.05, 3.63) is 53.6 Å². The van der Waals surface area contributed by atoms with Crippen molar-refractivity contribution in [3.8, 4) is 17.2 Å². The van der Waals surface area contributed by atoms with E-state index in [0.717, 1.165) is 17.7 Å². The molecule has 2 aromatic rings. The maximum atomic E-state index is 12.4. The summed E-state index contributed by atoms with van der Waals surface area (Å²) < 4.78 is 15.6. The summed E-state index contributed by atoms with van der Waals surface area (Å²) in [6.07, 6.45) is 0.729. The lowest BCUT2D eigenvalue weighted by Crippen LogP contribution is -2.26. The van der Waals surface area contributed by atoms with E-state index < -0.39 is 0 Å². The molecular weight excluding hydrogens is 294 g/mol. The molecule has 0 saturated carbocycles. The van der Waals surface area contributed by atoms with E-state index in [1.165, 1.54) is 14.2 Å². The quantitative estimate of drug-likeness (QED) is 0.853. The van der Waals surface area contributed by atoms with E-state index in [9.17, 15) is 4.79 Å². The molecule has 0 aliphatic carbocycles. The molecule has 0 atom stereocenters. The van der Waals surface area contributed by atoms with E-state index >= 15 is 0 Å². The Balaban J connectivity index is 1.99. The summed E-state index contributed by atoms with van der Waals surface area (Å²) >= 11 is 0. The van der Waals surface area contributed by atoms with Gasteiger partial charge >= 0.3 is 0 Å². The van der Waals surface area contributed by atoms with Crippen molar-refractivity contribution in [1.29, 1.82) is 0 Å². The summed E-state index contributed by atoms with van der Waals surface area (Å²) in [6, 6.07) is 13.0. The minimum atomic E-state index is -0.215. The average Bonchev–Trinajstić information content (AvgIpc) is 2.61. The lowest BCUT2D eigenvalue weighted by molar-refractivity contribution is 0.0948. The minimum Gasteiger partial charge on any atom is -0.497 e. The van der Waals surface area contributed by atoms with Gasteiger partial charge in [0.25, 0.3) is 5.91 Å². The molecule has 0 aliphatic heterocycles. The summed E-state index contributed by atoms with van der Waals surface area (Å²) in [5.41, 5.74) is 1.53. The zero-order valence-corrected chi connectivity index (χ0v) is 13.6. The Labute approximate surface area is 136 Å². The molecule has 0 heterocycles. The van der Waals surface area contributed by atoms with Crippen LogP contribution in [0.4, 0.5) is 0 Å². The second kappa shape index (κ2) is 8.08. The molecule has 0 aliphatic rings. The number of methoxy groups -OCH3 is 3. The zero-order chi connectivity index (χ0) is 16.7. The fourth-order valence-corrected chi connectivity index (χ4v) is 2.28. The lowest BCUT2D eigenvalue weighted by Gasteiger charge is -2.13. The van der Waals surface area contributed by atoms with Gasteiger partial charge in [0.15, 0.2) is 0 Å². The first kappa shape index (κ1) is 16.7. The van der Waals surface area contributed by atoms with Gasteiger partial charge in [0.1, 0.15) is 22.8 Å². The highest BCUT2D eigenvalue weighted by Gasteiger charge is 2.17. The zero-order valence-electron chi connectivity index (χ0n) is 13.6. The van der Waals surface area contributed by atoms with Crippen molar-refractivity contribution in [1.82, 2.24) is 5.32 Å². The Bertz CT molecular complexity index is 630. The monoisotopic (exact) mass is 315 g/mol. The SMILES string of the molecule is COc1ccc(CCNC(=O)c2c(OC)cccc2OC)cc1. The molecule has 0 radical (unpaired) electrons. The standard InChI is InChI=1S/C18H21NO4/c1-21-14-9-7-13(8-10-14)11-12-19-18(20)17-15(22-2)5-4-6-16(17)23-3/h4-10H,11-12H2,1-3H3,(H,19,20). The molecule has 0 fully saturated rings. The largest absolute Gasteiger partial charge is 0.497 e. The third-order valence-corrected chi connectivity index (χ3v) is 3.51. The van der Waals surface area contributed by atoms with E-state index in [1.54, 1.807) is 25.3 Å². The molecule has 2 rings (SSSR count). The Morgan fingerprint density at radius 1 is 0.913 bits per heavy atom. The number of carbonyl (C=O) groups excluding carboxylic acids is 1. The van der Waals surface area contributed by atoms with Crippen LogP contribution in [0.15, 0.2) is 42.5 Å². The molecule has 0 saturated heterocycles. The number of benzene rings is 2. The number of hydrogen-bond acceptors (Lipinski definition) is 4. The maximum Gasteiger partial charge on any atom is 0.258 e. The van der Waals surface area contributed by atoms with Gasteiger partial charge in [-0.3, -0.25) is 4.79 Å². The first-order valence-corrected chi connectivity index (χ1v) is 7.31. The van der Waals surface area contributed by atoms with Gasteiger partial charge in [-0.1, -0.05) is 18.2 Å². The summed E-state index contributed by atoms with van der Waals surface area (Å²) in [4.78, 5) is 12.4. The maximum absolute atomic E-state index is 12.4. The Kier molecular flexibility index (Phi) is 5.86. The first-order valence-electron chi connectivity index (χ1n) is 7.31. The van der Waals surface area contributed by atoms with E-state index in [1.807, 2.05) is 24.3 Å². The van der Waals surface area contributed by atoms with Gasteiger partial charge in [-0.25, -0.2) is 0 Å². The third kappa shape index (κ3) is 4.16. The van der Waals surface area contributed by atoms with Crippen molar-refractivity contribution < 1.29 is 19.0 Å². The van der Waals surface area contributed by atoms with Crippen LogP contribution < -0.4 is 19.5 Å². The van der Waals surface area contributed by atoms with Crippen molar-refractivity contribution >= 4 is 5.91 Å². The van der Waals surface area contributed by atoms with Crippen LogP contribution in [0.1, 0.15) is 15.9 Å². The van der Waals surface area contributed by atoms with Crippen molar-refractivity contribution in [2.24, 2.45) is 0 Å². The number of rotatable bonds is 7. The van der Waals surface area contributed by atoms with Crippen LogP contribution in [-0.2, 0) is 6.42 Å². The second-order valence-corrected chi connectivity index (χ2v) is 4.89. The van der Waals surface area contributed by atoms with Crippen LogP contribution in [0.2, 0.25) is 0 Å². The van der Waals surface area contributed by atoms with Crippen LogP contribution in [0, 0.1) is 0 Å². The smallest absolute Gasteiger partial charge is 0.258 e. The topological polar surface area (TPSA) is 56.8 Å². The summed E-state index contributed by atoms with van der Waals surface area (Å²) in [7, 11) is 4.70. The molecular formula is C18H21NO4. The first-order chi connectivity index (χ1) is 11.2. The van der Waals surface area contributed by atoms with Gasteiger partial charge < -0.3 is 19.5 Å². The molecule has 2 aromatic carbocycles. The summed E-state index contributed by atoms with van der Waals surface area (Å²) in [6.45, 7) is 0.520. The lowest BCUT2D eigenvalue weighted by atomic mass is 10.1. The van der Waals surface area contributed by atoms with Crippen molar-refractivity contribution in [2.75, 3.05) is 27.9 Å². The van der Waals surface area contributed by atoms with Crippen LogP contribution >= 0.6 is 0 Å². The average molecular weight is 315 g/mol. The van der Waals surface area contributed by atoms with Crippen LogP contribution in [-0.4, -0.2) is 33.8 Å². The third-order valence-electron chi connectivity index (χ3n) is 3.51. The van der Waals surface area contributed by atoms with Gasteiger partial charge in [0, 0.05) is 6.54 Å². The number of carbonyl (C=O) groups is 1. The molecule has 0 bridgehead atoms. The van der Waals surface area contributed by atoms with Gasteiger partial charge in [0.05, 0.1) is 21.3 Å².